The van der Waals surface area contributed by atoms with Crippen molar-refractivity contribution in [2.24, 2.45) is 0 Å². The molecular formula is C13H20N2O. The van der Waals surface area contributed by atoms with Crippen LogP contribution in [0.4, 0.5) is 0 Å². The quantitative estimate of drug-likeness (QED) is 0.820. The average molecular weight is 220 g/mol. The Morgan fingerprint density at radius 2 is 2.50 bits per heavy atom. The number of nitrogens with one attached hydrogen (secondary N) is 1. The maximum atomic E-state index is 5.16. The van der Waals surface area contributed by atoms with E-state index in [1.54, 1.807) is 7.11 Å². The zero-order valence-electron chi connectivity index (χ0n) is 10.1. The summed E-state index contributed by atoms with van der Waals surface area (Å²) in [6.45, 7) is 0.810. The highest BCUT2D eigenvalue weighted by molar-refractivity contribution is 5.29. The van der Waals surface area contributed by atoms with Crippen molar-refractivity contribution < 1.29 is 4.74 Å². The molecular weight excluding hydrogens is 200 g/mol. The predicted molar refractivity (Wildman–Crippen MR) is 64.6 cm³/mol. The van der Waals surface area contributed by atoms with Gasteiger partial charge in [-0.15, -0.1) is 0 Å². The molecule has 16 heavy (non-hydrogen) atoms. The van der Waals surface area contributed by atoms with Gasteiger partial charge in [0.15, 0.2) is 0 Å². The van der Waals surface area contributed by atoms with Crippen LogP contribution in [0.25, 0.3) is 0 Å². The third kappa shape index (κ3) is 2.25. The number of fused-ring (bicyclic) bond motifs is 1. The highest BCUT2D eigenvalue weighted by atomic mass is 16.5. The van der Waals surface area contributed by atoms with E-state index >= 15 is 0 Å². The van der Waals surface area contributed by atoms with Gasteiger partial charge < -0.3 is 10.1 Å². The SMILES string of the molecule is CNC(CCOC)C1CCc2cccnc21. The highest BCUT2D eigenvalue weighted by Gasteiger charge is 2.29. The first-order valence-electron chi connectivity index (χ1n) is 5.96. The number of rotatable bonds is 5. The molecule has 3 heteroatoms. The van der Waals surface area contributed by atoms with Crippen molar-refractivity contribution in [3.8, 4) is 0 Å². The number of nitrogens with zero attached hydrogens (tertiary/aromatic N) is 1. The minimum atomic E-state index is 0.483. The second-order valence-electron chi connectivity index (χ2n) is 4.37. The van der Waals surface area contributed by atoms with Gasteiger partial charge in [-0.3, -0.25) is 4.98 Å². The molecule has 0 radical (unpaired) electrons. The van der Waals surface area contributed by atoms with Crippen LogP contribution in [-0.4, -0.2) is 31.8 Å². The van der Waals surface area contributed by atoms with Gasteiger partial charge >= 0.3 is 0 Å². The Balaban J connectivity index is 2.10. The molecule has 0 aromatic carbocycles. The van der Waals surface area contributed by atoms with Crippen LogP contribution in [0, 0.1) is 0 Å². The topological polar surface area (TPSA) is 34.1 Å². The number of methoxy groups -OCH3 is 1. The van der Waals surface area contributed by atoms with Crippen molar-refractivity contribution in [3.05, 3.63) is 29.6 Å². The van der Waals surface area contributed by atoms with Gasteiger partial charge in [-0.2, -0.15) is 0 Å². The summed E-state index contributed by atoms with van der Waals surface area (Å²) in [5, 5.41) is 3.40. The second kappa shape index (κ2) is 5.41. The number of likely N-dealkylation sites (N-methyl/N-ethyl adjacent to an activating group) is 1. The third-order valence-electron chi connectivity index (χ3n) is 3.49. The molecule has 1 aliphatic rings. The first-order valence-corrected chi connectivity index (χ1v) is 5.96. The summed E-state index contributed by atoms with van der Waals surface area (Å²) in [5.41, 5.74) is 2.71. The van der Waals surface area contributed by atoms with Gasteiger partial charge in [0.05, 0.1) is 0 Å². The van der Waals surface area contributed by atoms with Gasteiger partial charge in [-0.25, -0.2) is 0 Å². The lowest BCUT2D eigenvalue weighted by atomic mass is 9.94. The van der Waals surface area contributed by atoms with Gasteiger partial charge in [-0.1, -0.05) is 6.07 Å². The van der Waals surface area contributed by atoms with E-state index in [0.717, 1.165) is 13.0 Å². The Hall–Kier alpha value is -0.930. The molecule has 0 spiro atoms. The van der Waals surface area contributed by atoms with Gasteiger partial charge in [0, 0.05) is 37.6 Å². The summed E-state index contributed by atoms with van der Waals surface area (Å²) in [6, 6.07) is 4.71. The summed E-state index contributed by atoms with van der Waals surface area (Å²) in [7, 11) is 3.79. The average Bonchev–Trinajstić information content (AvgIpc) is 2.75. The fourth-order valence-electron chi connectivity index (χ4n) is 2.63. The molecule has 0 bridgehead atoms. The van der Waals surface area contributed by atoms with E-state index in [0.29, 0.717) is 12.0 Å². The number of hydrogen-bond acceptors (Lipinski definition) is 3. The smallest absolute Gasteiger partial charge is 0.0482 e. The molecule has 1 N–H and O–H groups in total. The summed E-state index contributed by atoms with van der Waals surface area (Å²) in [5.74, 6) is 0.552. The lowest BCUT2D eigenvalue weighted by Crippen LogP contribution is -2.32. The van der Waals surface area contributed by atoms with Crippen molar-refractivity contribution in [3.63, 3.8) is 0 Å². The van der Waals surface area contributed by atoms with Crippen molar-refractivity contribution in [1.29, 1.82) is 0 Å². The molecule has 0 aliphatic heterocycles. The highest BCUT2D eigenvalue weighted by Crippen LogP contribution is 2.34. The second-order valence-corrected chi connectivity index (χ2v) is 4.37. The van der Waals surface area contributed by atoms with Crippen LogP contribution in [0.1, 0.15) is 30.0 Å². The maximum absolute atomic E-state index is 5.16. The number of hydrogen-bond donors (Lipinski definition) is 1. The van der Waals surface area contributed by atoms with Crippen LogP contribution >= 0.6 is 0 Å². The van der Waals surface area contributed by atoms with E-state index in [2.05, 4.69) is 16.4 Å². The van der Waals surface area contributed by atoms with E-state index < -0.39 is 0 Å². The van der Waals surface area contributed by atoms with E-state index in [9.17, 15) is 0 Å². The molecule has 0 amide bonds. The van der Waals surface area contributed by atoms with Crippen molar-refractivity contribution >= 4 is 0 Å². The van der Waals surface area contributed by atoms with E-state index in [1.807, 2.05) is 19.3 Å². The summed E-state index contributed by atoms with van der Waals surface area (Å²) < 4.78 is 5.16. The first-order chi connectivity index (χ1) is 7.86. The molecule has 1 aromatic heterocycles. The van der Waals surface area contributed by atoms with Gasteiger partial charge in [0.2, 0.25) is 0 Å². The molecule has 1 heterocycles. The van der Waals surface area contributed by atoms with E-state index in [4.69, 9.17) is 4.74 Å². The van der Waals surface area contributed by atoms with Gasteiger partial charge in [0.25, 0.3) is 0 Å². The molecule has 0 saturated heterocycles. The minimum Gasteiger partial charge on any atom is -0.385 e. The Kier molecular flexibility index (Phi) is 3.91. The van der Waals surface area contributed by atoms with E-state index in [-0.39, 0.29) is 0 Å². The maximum Gasteiger partial charge on any atom is 0.0482 e. The minimum absolute atomic E-state index is 0.483. The van der Waals surface area contributed by atoms with Crippen LogP contribution < -0.4 is 5.32 Å². The van der Waals surface area contributed by atoms with Crippen LogP contribution in [0.2, 0.25) is 0 Å². The van der Waals surface area contributed by atoms with Crippen molar-refractivity contribution in [1.82, 2.24) is 10.3 Å². The van der Waals surface area contributed by atoms with Crippen molar-refractivity contribution in [2.45, 2.75) is 31.2 Å². The molecule has 2 atom stereocenters. The number of pyridine rings is 1. The van der Waals surface area contributed by atoms with Crippen LogP contribution in [0.15, 0.2) is 18.3 Å². The lowest BCUT2D eigenvalue weighted by molar-refractivity contribution is 0.178. The normalized spacial score (nSPS) is 20.8. The molecule has 0 saturated carbocycles. The summed E-state index contributed by atoms with van der Waals surface area (Å²) in [6.07, 6.45) is 5.33. The number of ether oxygens (including phenoxy) is 1. The zero-order chi connectivity index (χ0) is 11.4. The Bertz CT molecular complexity index is 340. The van der Waals surface area contributed by atoms with E-state index in [1.165, 1.54) is 24.1 Å². The fourth-order valence-corrected chi connectivity index (χ4v) is 2.63. The lowest BCUT2D eigenvalue weighted by Gasteiger charge is -2.22. The van der Waals surface area contributed by atoms with Crippen molar-refractivity contribution in [2.75, 3.05) is 20.8 Å². The fraction of sp³-hybridized carbons (Fsp3) is 0.615. The summed E-state index contributed by atoms with van der Waals surface area (Å²) in [4.78, 5) is 4.54. The largest absolute Gasteiger partial charge is 0.385 e. The molecule has 2 unspecified atom stereocenters. The van der Waals surface area contributed by atoms with Gasteiger partial charge in [-0.05, 0) is 37.9 Å². The Labute approximate surface area is 97.2 Å². The Morgan fingerprint density at radius 1 is 1.62 bits per heavy atom. The van der Waals surface area contributed by atoms with Crippen LogP contribution in [0.5, 0.6) is 0 Å². The molecule has 3 nitrogen and oxygen atoms in total. The molecule has 1 aromatic rings. The van der Waals surface area contributed by atoms with Gasteiger partial charge in [0.1, 0.15) is 0 Å². The molecule has 1 aliphatic carbocycles. The third-order valence-corrected chi connectivity index (χ3v) is 3.49. The number of aromatic nitrogens is 1. The molecule has 0 fully saturated rings. The monoisotopic (exact) mass is 220 g/mol. The molecule has 2 rings (SSSR count). The molecule has 88 valence electrons. The summed E-state index contributed by atoms with van der Waals surface area (Å²) >= 11 is 0. The zero-order valence-corrected chi connectivity index (χ0v) is 10.1. The first kappa shape index (κ1) is 11.6. The Morgan fingerprint density at radius 3 is 3.25 bits per heavy atom. The standard InChI is InChI=1S/C13H20N2O/c1-14-12(7-9-16-2)11-6-5-10-4-3-8-15-13(10)11/h3-4,8,11-12,14H,5-7,9H2,1-2H3. The number of aryl methyl sites for hydroxylation is 1. The van der Waals surface area contributed by atoms with Crippen LogP contribution in [0.3, 0.4) is 0 Å². The predicted octanol–water partition coefficient (Wildman–Crippen LogP) is 1.74. The van der Waals surface area contributed by atoms with Crippen LogP contribution in [-0.2, 0) is 11.2 Å².